The van der Waals surface area contributed by atoms with Gasteiger partial charge in [-0.15, -0.1) is 0 Å². The molecule has 0 saturated carbocycles. The van der Waals surface area contributed by atoms with Gasteiger partial charge in [-0.1, -0.05) is 12.1 Å². The molecule has 0 saturated heterocycles. The van der Waals surface area contributed by atoms with Crippen LogP contribution in [0.25, 0.3) is 10.9 Å². The van der Waals surface area contributed by atoms with Gasteiger partial charge >= 0.3 is 0 Å². The van der Waals surface area contributed by atoms with Gasteiger partial charge in [0, 0.05) is 23.5 Å². The number of hydrazone groups is 1. The van der Waals surface area contributed by atoms with E-state index < -0.39 is 0 Å². The predicted octanol–water partition coefficient (Wildman–Crippen LogP) is 3.53. The number of aryl methyl sites for hydroxylation is 1. The Labute approximate surface area is 137 Å². The lowest BCUT2D eigenvalue weighted by Crippen LogP contribution is -2.17. The molecule has 0 unspecified atom stereocenters. The van der Waals surface area contributed by atoms with Crippen molar-refractivity contribution >= 4 is 23.0 Å². The number of hydrogen-bond donors (Lipinski definition) is 2. The Balaban J connectivity index is 1.55. The minimum Gasteiger partial charge on any atom is -0.361 e. The van der Waals surface area contributed by atoms with E-state index in [1.54, 1.807) is 24.4 Å². The van der Waals surface area contributed by atoms with Crippen molar-refractivity contribution in [2.75, 3.05) is 0 Å². The Morgan fingerprint density at radius 3 is 2.67 bits per heavy atom. The lowest BCUT2D eigenvalue weighted by molar-refractivity contribution is -0.121. The molecule has 0 bridgehead atoms. The van der Waals surface area contributed by atoms with Gasteiger partial charge in [0.1, 0.15) is 11.6 Å². The Bertz CT molecular complexity index is 885. The third kappa shape index (κ3) is 3.84. The first-order chi connectivity index (χ1) is 11.6. The fourth-order valence-electron chi connectivity index (χ4n) is 2.39. The first-order valence-corrected chi connectivity index (χ1v) is 7.45. The number of halogens is 2. The fraction of sp³-hybridized carbons (Fsp3) is 0.111. The van der Waals surface area contributed by atoms with E-state index in [0.717, 1.165) is 16.5 Å². The van der Waals surface area contributed by atoms with Gasteiger partial charge in [0.15, 0.2) is 0 Å². The summed E-state index contributed by atoms with van der Waals surface area (Å²) in [7, 11) is 0. The molecule has 3 aromatic rings. The zero-order valence-corrected chi connectivity index (χ0v) is 12.7. The molecule has 0 atom stereocenters. The first kappa shape index (κ1) is 15.9. The fourth-order valence-corrected chi connectivity index (χ4v) is 2.39. The molecule has 2 N–H and O–H groups in total. The van der Waals surface area contributed by atoms with Crippen LogP contribution in [0.3, 0.4) is 0 Å². The van der Waals surface area contributed by atoms with E-state index in [0.29, 0.717) is 12.0 Å². The lowest BCUT2D eigenvalue weighted by Gasteiger charge is -2.00. The molecule has 0 fully saturated rings. The van der Waals surface area contributed by atoms with Gasteiger partial charge in [-0.2, -0.15) is 5.10 Å². The second kappa shape index (κ2) is 7.04. The number of carbonyl (C=O) groups excluding carboxylic acids is 1. The summed E-state index contributed by atoms with van der Waals surface area (Å²) in [5.41, 5.74) is 4.82. The van der Waals surface area contributed by atoms with Gasteiger partial charge in [0.2, 0.25) is 5.91 Å². The number of rotatable bonds is 5. The van der Waals surface area contributed by atoms with Gasteiger partial charge in [-0.25, -0.2) is 14.2 Å². The summed E-state index contributed by atoms with van der Waals surface area (Å²) in [6.45, 7) is 0. The average molecular weight is 327 g/mol. The number of nitrogens with one attached hydrogen (secondary N) is 2. The monoisotopic (exact) mass is 327 g/mol. The number of aromatic nitrogens is 1. The van der Waals surface area contributed by atoms with Crippen LogP contribution in [-0.4, -0.2) is 17.1 Å². The van der Waals surface area contributed by atoms with Gasteiger partial charge in [-0.05, 0) is 47.9 Å². The maximum Gasteiger partial charge on any atom is 0.240 e. The van der Waals surface area contributed by atoms with Crippen LogP contribution in [0.2, 0.25) is 0 Å². The first-order valence-electron chi connectivity index (χ1n) is 7.45. The molecular weight excluding hydrogens is 312 g/mol. The number of nitrogens with zero attached hydrogens (tertiary/aromatic N) is 1. The number of hydrogen-bond acceptors (Lipinski definition) is 2. The molecule has 1 amide bonds. The van der Waals surface area contributed by atoms with Gasteiger partial charge in [-0.3, -0.25) is 4.79 Å². The highest BCUT2D eigenvalue weighted by Crippen LogP contribution is 2.20. The van der Waals surface area contributed by atoms with E-state index in [4.69, 9.17) is 0 Å². The maximum atomic E-state index is 13.3. The zero-order valence-electron chi connectivity index (χ0n) is 12.7. The molecule has 24 heavy (non-hydrogen) atoms. The maximum absolute atomic E-state index is 13.3. The second-order valence-corrected chi connectivity index (χ2v) is 5.35. The summed E-state index contributed by atoms with van der Waals surface area (Å²) in [6, 6.07) is 10.3. The van der Waals surface area contributed by atoms with E-state index in [1.165, 1.54) is 30.5 Å². The third-order valence-electron chi connectivity index (χ3n) is 3.62. The van der Waals surface area contributed by atoms with Crippen molar-refractivity contribution in [3.8, 4) is 0 Å². The number of aromatic amines is 1. The molecule has 2 aromatic carbocycles. The van der Waals surface area contributed by atoms with Crippen LogP contribution in [0.5, 0.6) is 0 Å². The lowest BCUT2D eigenvalue weighted by atomic mass is 10.1. The Hall–Kier alpha value is -3.02. The average Bonchev–Trinajstić information content (AvgIpc) is 2.97. The molecule has 1 heterocycles. The highest BCUT2D eigenvalue weighted by atomic mass is 19.1. The highest BCUT2D eigenvalue weighted by molar-refractivity contribution is 5.85. The van der Waals surface area contributed by atoms with Gasteiger partial charge in [0.05, 0.1) is 6.21 Å². The Morgan fingerprint density at radius 2 is 1.88 bits per heavy atom. The number of benzene rings is 2. The van der Waals surface area contributed by atoms with Crippen molar-refractivity contribution in [1.82, 2.24) is 10.4 Å². The van der Waals surface area contributed by atoms with E-state index in [-0.39, 0.29) is 24.0 Å². The largest absolute Gasteiger partial charge is 0.361 e. The standard InChI is InChI=1S/C18H15F2N3O/c19-14-4-1-12(2-5-14)10-22-23-18(24)8-3-13-11-21-17-7-6-15(20)9-16(13)17/h1-2,4-7,9-11,21H,3,8H2,(H,23,24). The second-order valence-electron chi connectivity index (χ2n) is 5.35. The zero-order chi connectivity index (χ0) is 16.9. The molecule has 4 nitrogen and oxygen atoms in total. The smallest absolute Gasteiger partial charge is 0.240 e. The molecule has 122 valence electrons. The van der Waals surface area contributed by atoms with Crippen molar-refractivity contribution in [3.05, 3.63) is 71.4 Å². The van der Waals surface area contributed by atoms with Crippen LogP contribution in [0.1, 0.15) is 17.5 Å². The van der Waals surface area contributed by atoms with Gasteiger partial charge in [0.25, 0.3) is 0 Å². The molecule has 0 spiro atoms. The summed E-state index contributed by atoms with van der Waals surface area (Å²) in [6.07, 6.45) is 3.92. The van der Waals surface area contributed by atoms with Crippen LogP contribution in [-0.2, 0) is 11.2 Å². The number of carbonyl (C=O) groups is 1. The summed E-state index contributed by atoms with van der Waals surface area (Å²) >= 11 is 0. The van der Waals surface area contributed by atoms with Crippen LogP contribution >= 0.6 is 0 Å². The summed E-state index contributed by atoms with van der Waals surface area (Å²) in [5.74, 6) is -0.887. The third-order valence-corrected chi connectivity index (χ3v) is 3.62. The topological polar surface area (TPSA) is 57.2 Å². The normalized spacial score (nSPS) is 11.2. The molecule has 6 heteroatoms. The van der Waals surface area contributed by atoms with Crippen LogP contribution in [0.15, 0.2) is 53.8 Å². The number of fused-ring (bicyclic) bond motifs is 1. The molecular formula is C18H15F2N3O. The van der Waals surface area contributed by atoms with Crippen molar-refractivity contribution in [1.29, 1.82) is 0 Å². The Kier molecular flexibility index (Phi) is 4.65. The minimum absolute atomic E-state index is 0.226. The van der Waals surface area contributed by atoms with Crippen molar-refractivity contribution < 1.29 is 13.6 Å². The van der Waals surface area contributed by atoms with Crippen molar-refractivity contribution in [3.63, 3.8) is 0 Å². The molecule has 0 aliphatic rings. The predicted molar refractivity (Wildman–Crippen MR) is 88.7 cm³/mol. The van der Waals surface area contributed by atoms with Crippen molar-refractivity contribution in [2.24, 2.45) is 5.10 Å². The van der Waals surface area contributed by atoms with E-state index >= 15 is 0 Å². The SMILES string of the molecule is O=C(CCc1c[nH]c2ccc(F)cc12)NN=Cc1ccc(F)cc1. The number of H-pyrrole nitrogens is 1. The summed E-state index contributed by atoms with van der Waals surface area (Å²) < 4.78 is 26.1. The van der Waals surface area contributed by atoms with Crippen LogP contribution < -0.4 is 5.43 Å². The highest BCUT2D eigenvalue weighted by Gasteiger charge is 2.07. The minimum atomic E-state index is -0.327. The molecule has 1 aromatic heterocycles. The molecule has 0 aliphatic carbocycles. The van der Waals surface area contributed by atoms with Crippen LogP contribution in [0, 0.1) is 11.6 Å². The van der Waals surface area contributed by atoms with E-state index in [9.17, 15) is 13.6 Å². The van der Waals surface area contributed by atoms with Crippen LogP contribution in [0.4, 0.5) is 8.78 Å². The quantitative estimate of drug-likeness (QED) is 0.547. The molecule has 3 rings (SSSR count). The number of amides is 1. The Morgan fingerprint density at radius 1 is 1.12 bits per heavy atom. The van der Waals surface area contributed by atoms with E-state index in [2.05, 4.69) is 15.5 Å². The van der Waals surface area contributed by atoms with Crippen molar-refractivity contribution in [2.45, 2.75) is 12.8 Å². The van der Waals surface area contributed by atoms with E-state index in [1.807, 2.05) is 0 Å². The summed E-state index contributed by atoms with van der Waals surface area (Å²) in [5, 5.41) is 4.61. The summed E-state index contributed by atoms with van der Waals surface area (Å²) in [4.78, 5) is 14.9. The molecule has 0 radical (unpaired) electrons. The van der Waals surface area contributed by atoms with Gasteiger partial charge < -0.3 is 4.98 Å². The molecule has 0 aliphatic heterocycles.